The van der Waals surface area contributed by atoms with Gasteiger partial charge in [-0.15, -0.1) is 0 Å². The van der Waals surface area contributed by atoms with Crippen molar-refractivity contribution < 1.29 is 19.0 Å². The molecule has 8 heteroatoms. The SMILES string of the molecule is CCCOc1ccc(C(=O)N/N=C/c2cc(Br)c(OCc3cccc4ccccc34)c(Br)c2)cc1OCC. The highest BCUT2D eigenvalue weighted by atomic mass is 79.9. The Morgan fingerprint density at radius 1 is 0.895 bits per heavy atom. The van der Waals surface area contributed by atoms with Gasteiger partial charge in [-0.2, -0.15) is 5.10 Å². The van der Waals surface area contributed by atoms with Crippen molar-refractivity contribution in [2.24, 2.45) is 5.10 Å². The molecule has 1 amide bonds. The second-order valence-corrected chi connectivity index (χ2v) is 10.1. The summed E-state index contributed by atoms with van der Waals surface area (Å²) in [5.74, 6) is 1.49. The van der Waals surface area contributed by atoms with E-state index in [2.05, 4.69) is 66.7 Å². The zero-order valence-corrected chi connectivity index (χ0v) is 24.3. The Hall–Kier alpha value is -3.36. The van der Waals surface area contributed by atoms with Gasteiger partial charge in [0.05, 0.1) is 28.4 Å². The second kappa shape index (κ2) is 13.4. The van der Waals surface area contributed by atoms with Crippen LogP contribution >= 0.6 is 31.9 Å². The molecular weight excluding hydrogens is 612 g/mol. The number of hydrogen-bond acceptors (Lipinski definition) is 5. The summed E-state index contributed by atoms with van der Waals surface area (Å²) in [6.07, 6.45) is 2.45. The van der Waals surface area contributed by atoms with Gasteiger partial charge in [0, 0.05) is 5.56 Å². The summed E-state index contributed by atoms with van der Waals surface area (Å²) in [6.45, 7) is 5.39. The third kappa shape index (κ3) is 6.94. The van der Waals surface area contributed by atoms with Gasteiger partial charge in [-0.05, 0) is 97.4 Å². The molecule has 1 N–H and O–H groups in total. The van der Waals surface area contributed by atoms with Crippen molar-refractivity contribution in [1.29, 1.82) is 0 Å². The van der Waals surface area contributed by atoms with Crippen molar-refractivity contribution in [1.82, 2.24) is 5.43 Å². The first-order valence-corrected chi connectivity index (χ1v) is 13.9. The molecular formula is C30H28Br2N2O4. The topological polar surface area (TPSA) is 69.2 Å². The molecule has 0 fully saturated rings. The molecule has 38 heavy (non-hydrogen) atoms. The molecule has 0 aromatic heterocycles. The first-order valence-electron chi connectivity index (χ1n) is 12.3. The van der Waals surface area contributed by atoms with E-state index in [0.717, 1.165) is 26.5 Å². The van der Waals surface area contributed by atoms with Crippen molar-refractivity contribution in [2.45, 2.75) is 26.9 Å². The van der Waals surface area contributed by atoms with Crippen LogP contribution in [0.25, 0.3) is 10.8 Å². The monoisotopic (exact) mass is 638 g/mol. The summed E-state index contributed by atoms with van der Waals surface area (Å²) in [5, 5.41) is 6.47. The highest BCUT2D eigenvalue weighted by molar-refractivity contribution is 9.11. The lowest BCUT2D eigenvalue weighted by molar-refractivity contribution is 0.0954. The van der Waals surface area contributed by atoms with Crippen LogP contribution in [0.4, 0.5) is 0 Å². The van der Waals surface area contributed by atoms with Gasteiger partial charge in [-0.25, -0.2) is 5.43 Å². The highest BCUT2D eigenvalue weighted by Crippen LogP contribution is 2.35. The molecule has 4 aromatic carbocycles. The lowest BCUT2D eigenvalue weighted by Crippen LogP contribution is -2.17. The molecule has 0 radical (unpaired) electrons. The summed E-state index contributed by atoms with van der Waals surface area (Å²) in [5.41, 5.74) is 4.88. The van der Waals surface area contributed by atoms with Gasteiger partial charge in [-0.3, -0.25) is 4.79 Å². The zero-order chi connectivity index (χ0) is 26.9. The van der Waals surface area contributed by atoms with Crippen molar-refractivity contribution in [3.8, 4) is 17.2 Å². The molecule has 0 heterocycles. The first-order chi connectivity index (χ1) is 18.5. The van der Waals surface area contributed by atoms with Gasteiger partial charge in [0.1, 0.15) is 12.4 Å². The maximum Gasteiger partial charge on any atom is 0.271 e. The molecule has 196 valence electrons. The van der Waals surface area contributed by atoms with E-state index in [1.165, 1.54) is 10.8 Å². The smallest absolute Gasteiger partial charge is 0.271 e. The third-order valence-corrected chi connectivity index (χ3v) is 6.80. The Kier molecular flexibility index (Phi) is 9.79. The number of ether oxygens (including phenoxy) is 3. The van der Waals surface area contributed by atoms with Gasteiger partial charge in [0.25, 0.3) is 5.91 Å². The number of hydrazone groups is 1. The van der Waals surface area contributed by atoms with E-state index in [1.807, 2.05) is 44.2 Å². The molecule has 0 saturated heterocycles. The molecule has 0 aliphatic rings. The average molecular weight is 640 g/mol. The molecule has 0 atom stereocenters. The predicted molar refractivity (Wildman–Crippen MR) is 159 cm³/mol. The fourth-order valence-electron chi connectivity index (χ4n) is 3.84. The van der Waals surface area contributed by atoms with E-state index in [0.29, 0.717) is 42.6 Å². The number of nitrogens with one attached hydrogen (secondary N) is 1. The van der Waals surface area contributed by atoms with Crippen LogP contribution in [0, 0.1) is 0 Å². The number of amides is 1. The zero-order valence-electron chi connectivity index (χ0n) is 21.2. The fourth-order valence-corrected chi connectivity index (χ4v) is 5.29. The van der Waals surface area contributed by atoms with E-state index in [-0.39, 0.29) is 5.91 Å². The number of benzene rings is 4. The lowest BCUT2D eigenvalue weighted by atomic mass is 10.1. The molecule has 4 rings (SSSR count). The molecule has 0 unspecified atom stereocenters. The minimum absolute atomic E-state index is 0.350. The summed E-state index contributed by atoms with van der Waals surface area (Å²) >= 11 is 7.19. The Morgan fingerprint density at radius 3 is 2.42 bits per heavy atom. The van der Waals surface area contributed by atoms with Gasteiger partial charge < -0.3 is 14.2 Å². The normalized spacial score (nSPS) is 11.1. The fraction of sp³-hybridized carbons (Fsp3) is 0.200. The number of nitrogens with zero attached hydrogens (tertiary/aromatic N) is 1. The summed E-state index contributed by atoms with van der Waals surface area (Å²) in [7, 11) is 0. The quantitative estimate of drug-likeness (QED) is 0.134. The van der Waals surface area contributed by atoms with E-state index in [1.54, 1.807) is 24.4 Å². The molecule has 0 aliphatic heterocycles. The number of fused-ring (bicyclic) bond motifs is 1. The molecule has 0 aliphatic carbocycles. The van der Waals surface area contributed by atoms with Crippen LogP contribution in [-0.4, -0.2) is 25.3 Å². The second-order valence-electron chi connectivity index (χ2n) is 8.38. The Balaban J connectivity index is 1.41. The number of hydrogen-bond donors (Lipinski definition) is 1. The van der Waals surface area contributed by atoms with Crippen molar-refractivity contribution in [3.63, 3.8) is 0 Å². The molecule has 6 nitrogen and oxygen atoms in total. The number of carbonyl (C=O) groups is 1. The Morgan fingerprint density at radius 2 is 1.66 bits per heavy atom. The van der Waals surface area contributed by atoms with Crippen molar-refractivity contribution in [3.05, 3.63) is 98.4 Å². The van der Waals surface area contributed by atoms with Crippen molar-refractivity contribution >= 4 is 54.8 Å². The van der Waals surface area contributed by atoms with Crippen LogP contribution < -0.4 is 19.6 Å². The van der Waals surface area contributed by atoms with E-state index >= 15 is 0 Å². The van der Waals surface area contributed by atoms with Crippen LogP contribution in [0.15, 0.2) is 86.8 Å². The van der Waals surface area contributed by atoms with Crippen LogP contribution in [0.1, 0.15) is 41.8 Å². The summed E-state index contributed by atoms with van der Waals surface area (Å²) in [6, 6.07) is 23.3. The molecule has 0 bridgehead atoms. The van der Waals surface area contributed by atoms with Gasteiger partial charge in [0.2, 0.25) is 0 Å². The number of rotatable bonds is 11. The van der Waals surface area contributed by atoms with Crippen LogP contribution in [-0.2, 0) is 6.61 Å². The van der Waals surface area contributed by atoms with E-state index < -0.39 is 0 Å². The minimum atomic E-state index is -0.350. The maximum absolute atomic E-state index is 12.7. The number of halogens is 2. The Labute approximate surface area is 239 Å². The summed E-state index contributed by atoms with van der Waals surface area (Å²) in [4.78, 5) is 12.7. The van der Waals surface area contributed by atoms with Crippen molar-refractivity contribution in [2.75, 3.05) is 13.2 Å². The standard InChI is InChI=1S/C30H28Br2N2O4/c1-3-14-37-27-13-12-22(17-28(27)36-4-2)30(35)34-33-18-20-15-25(31)29(26(32)16-20)38-19-23-10-7-9-21-8-5-6-11-24(21)23/h5-13,15-18H,3-4,14,19H2,1-2H3,(H,34,35)/b33-18+. The van der Waals surface area contributed by atoms with Crippen LogP contribution in [0.5, 0.6) is 17.2 Å². The third-order valence-electron chi connectivity index (χ3n) is 5.62. The average Bonchev–Trinajstić information content (AvgIpc) is 2.92. The largest absolute Gasteiger partial charge is 0.490 e. The van der Waals surface area contributed by atoms with E-state index in [9.17, 15) is 4.79 Å². The van der Waals surface area contributed by atoms with E-state index in [4.69, 9.17) is 14.2 Å². The molecule has 4 aromatic rings. The number of carbonyl (C=O) groups excluding carboxylic acids is 1. The van der Waals surface area contributed by atoms with Crippen LogP contribution in [0.2, 0.25) is 0 Å². The van der Waals surface area contributed by atoms with Gasteiger partial charge >= 0.3 is 0 Å². The minimum Gasteiger partial charge on any atom is -0.490 e. The van der Waals surface area contributed by atoms with Gasteiger partial charge in [0.15, 0.2) is 11.5 Å². The molecule has 0 saturated carbocycles. The van der Waals surface area contributed by atoms with Gasteiger partial charge in [-0.1, -0.05) is 49.4 Å². The Bertz CT molecular complexity index is 1430. The summed E-state index contributed by atoms with van der Waals surface area (Å²) < 4.78 is 19.0. The first kappa shape index (κ1) is 27.7. The highest BCUT2D eigenvalue weighted by Gasteiger charge is 2.12. The molecule has 0 spiro atoms. The van der Waals surface area contributed by atoms with Crippen LogP contribution in [0.3, 0.4) is 0 Å². The lowest BCUT2D eigenvalue weighted by Gasteiger charge is -2.13. The predicted octanol–water partition coefficient (Wildman–Crippen LogP) is 7.90. The maximum atomic E-state index is 12.7.